The smallest absolute Gasteiger partial charge is 0.350 e. The number of pyridine rings is 1. The Labute approximate surface area is 109 Å². The van der Waals surface area contributed by atoms with E-state index in [0.29, 0.717) is 18.8 Å². The zero-order valence-electron chi connectivity index (χ0n) is 10.3. The van der Waals surface area contributed by atoms with Gasteiger partial charge in [0.05, 0.1) is 6.54 Å². The Kier molecular flexibility index (Phi) is 3.02. The summed E-state index contributed by atoms with van der Waals surface area (Å²) < 4.78 is 8.48. The molecule has 0 spiro atoms. The molecule has 0 bridgehead atoms. The first-order valence-corrected chi connectivity index (χ1v) is 6.07. The largest absolute Gasteiger partial charge is 0.492 e. The fourth-order valence-electron chi connectivity index (χ4n) is 1.88. The maximum Gasteiger partial charge on any atom is 0.350 e. The molecule has 0 N–H and O–H groups in total. The van der Waals surface area contributed by atoms with E-state index < -0.39 is 0 Å². The summed E-state index contributed by atoms with van der Waals surface area (Å²) in [6.45, 7) is 0.837. The first-order valence-electron chi connectivity index (χ1n) is 6.07. The third-order valence-electron chi connectivity index (χ3n) is 2.80. The van der Waals surface area contributed by atoms with E-state index in [1.54, 1.807) is 18.3 Å². The minimum absolute atomic E-state index is 0.146. The Hall–Kier alpha value is -2.56. The number of fused-ring (bicyclic) bond motifs is 1. The fourth-order valence-corrected chi connectivity index (χ4v) is 1.88. The molecule has 0 aliphatic rings. The van der Waals surface area contributed by atoms with Crippen molar-refractivity contribution in [2.75, 3.05) is 6.61 Å². The number of benzene rings is 1. The molecule has 0 radical (unpaired) electrons. The Bertz CT molecular complexity index is 731. The van der Waals surface area contributed by atoms with Crippen molar-refractivity contribution in [1.82, 2.24) is 14.2 Å². The number of rotatable bonds is 4. The second-order valence-electron chi connectivity index (χ2n) is 4.10. The normalized spacial score (nSPS) is 10.7. The molecular formula is C14H13N3O2. The van der Waals surface area contributed by atoms with Crippen molar-refractivity contribution in [3.63, 3.8) is 0 Å². The van der Waals surface area contributed by atoms with Crippen molar-refractivity contribution < 1.29 is 4.74 Å². The second-order valence-corrected chi connectivity index (χ2v) is 4.10. The van der Waals surface area contributed by atoms with Crippen LogP contribution in [0.4, 0.5) is 0 Å². The third kappa shape index (κ3) is 2.35. The highest BCUT2D eigenvalue weighted by Crippen LogP contribution is 2.07. The lowest BCUT2D eigenvalue weighted by Crippen LogP contribution is -2.23. The lowest BCUT2D eigenvalue weighted by Gasteiger charge is -2.04. The highest BCUT2D eigenvalue weighted by atomic mass is 16.5. The van der Waals surface area contributed by atoms with E-state index in [1.807, 2.05) is 36.4 Å². The molecule has 1 aromatic carbocycles. The minimum atomic E-state index is -0.146. The SMILES string of the molecule is O=c1n(CCOc2ccccc2)nc2ccccn12. The molecule has 0 aliphatic carbocycles. The van der Waals surface area contributed by atoms with Gasteiger partial charge in [0.15, 0.2) is 5.65 Å². The van der Waals surface area contributed by atoms with Gasteiger partial charge in [-0.1, -0.05) is 24.3 Å². The van der Waals surface area contributed by atoms with Gasteiger partial charge in [0.2, 0.25) is 0 Å². The number of nitrogens with zero attached hydrogens (tertiary/aromatic N) is 3. The number of aromatic nitrogens is 3. The molecule has 5 nitrogen and oxygen atoms in total. The first kappa shape index (κ1) is 11.5. The van der Waals surface area contributed by atoms with Crippen molar-refractivity contribution in [3.8, 4) is 5.75 Å². The molecule has 2 heterocycles. The topological polar surface area (TPSA) is 48.5 Å². The van der Waals surface area contributed by atoms with Crippen LogP contribution in [0.5, 0.6) is 5.75 Å². The molecule has 0 aliphatic heterocycles. The van der Waals surface area contributed by atoms with Gasteiger partial charge in [0.1, 0.15) is 12.4 Å². The van der Waals surface area contributed by atoms with Crippen LogP contribution in [0.3, 0.4) is 0 Å². The van der Waals surface area contributed by atoms with Crippen molar-refractivity contribution in [2.45, 2.75) is 6.54 Å². The molecule has 0 fully saturated rings. The summed E-state index contributed by atoms with van der Waals surface area (Å²) in [4.78, 5) is 12.0. The van der Waals surface area contributed by atoms with Gasteiger partial charge < -0.3 is 4.74 Å². The predicted octanol–water partition coefficient (Wildman–Crippen LogP) is 1.57. The van der Waals surface area contributed by atoms with Crippen LogP contribution in [0.25, 0.3) is 5.65 Å². The number of hydrogen-bond donors (Lipinski definition) is 0. The molecule has 3 rings (SSSR count). The number of hydrogen-bond acceptors (Lipinski definition) is 3. The van der Waals surface area contributed by atoms with Crippen molar-refractivity contribution >= 4 is 5.65 Å². The molecule has 5 heteroatoms. The molecule has 0 atom stereocenters. The van der Waals surface area contributed by atoms with Gasteiger partial charge in [-0.05, 0) is 24.3 Å². The van der Waals surface area contributed by atoms with E-state index in [-0.39, 0.29) is 5.69 Å². The summed E-state index contributed by atoms with van der Waals surface area (Å²) in [5.74, 6) is 0.791. The molecule has 19 heavy (non-hydrogen) atoms. The van der Waals surface area contributed by atoms with Crippen LogP contribution >= 0.6 is 0 Å². The highest BCUT2D eigenvalue weighted by molar-refractivity contribution is 5.35. The van der Waals surface area contributed by atoms with Gasteiger partial charge in [0, 0.05) is 6.20 Å². The molecular weight excluding hydrogens is 242 g/mol. The van der Waals surface area contributed by atoms with Crippen LogP contribution in [0.15, 0.2) is 59.5 Å². The quantitative estimate of drug-likeness (QED) is 0.711. The maximum absolute atomic E-state index is 12.0. The fraction of sp³-hybridized carbons (Fsp3) is 0.143. The average Bonchev–Trinajstić information content (AvgIpc) is 2.78. The molecule has 0 saturated heterocycles. The lowest BCUT2D eigenvalue weighted by atomic mass is 10.3. The van der Waals surface area contributed by atoms with E-state index in [2.05, 4.69) is 5.10 Å². The van der Waals surface area contributed by atoms with Crippen molar-refractivity contribution in [1.29, 1.82) is 0 Å². The second kappa shape index (κ2) is 4.97. The van der Waals surface area contributed by atoms with Crippen LogP contribution in [-0.2, 0) is 6.54 Å². The molecule has 2 aromatic heterocycles. The lowest BCUT2D eigenvalue weighted by molar-refractivity contribution is 0.289. The van der Waals surface area contributed by atoms with Gasteiger partial charge in [-0.2, -0.15) is 0 Å². The van der Waals surface area contributed by atoms with E-state index >= 15 is 0 Å². The zero-order chi connectivity index (χ0) is 13.1. The number of ether oxygens (including phenoxy) is 1. The monoisotopic (exact) mass is 255 g/mol. The van der Waals surface area contributed by atoms with Gasteiger partial charge in [-0.25, -0.2) is 9.48 Å². The summed E-state index contributed by atoms with van der Waals surface area (Å²) in [7, 11) is 0. The van der Waals surface area contributed by atoms with Crippen molar-refractivity contribution in [2.24, 2.45) is 0 Å². The third-order valence-corrected chi connectivity index (χ3v) is 2.80. The predicted molar refractivity (Wildman–Crippen MR) is 71.4 cm³/mol. The van der Waals surface area contributed by atoms with Gasteiger partial charge in [0.25, 0.3) is 0 Å². The Morgan fingerprint density at radius 3 is 2.63 bits per heavy atom. The molecule has 96 valence electrons. The van der Waals surface area contributed by atoms with E-state index in [1.165, 1.54) is 9.08 Å². The molecule has 3 aromatic rings. The van der Waals surface area contributed by atoms with Gasteiger partial charge >= 0.3 is 5.69 Å². The van der Waals surface area contributed by atoms with E-state index in [0.717, 1.165) is 5.75 Å². The Morgan fingerprint density at radius 1 is 1.05 bits per heavy atom. The average molecular weight is 255 g/mol. The highest BCUT2D eigenvalue weighted by Gasteiger charge is 2.05. The summed E-state index contributed by atoms with van der Waals surface area (Å²) >= 11 is 0. The van der Waals surface area contributed by atoms with Gasteiger partial charge in [-0.3, -0.25) is 4.40 Å². The summed E-state index contributed by atoms with van der Waals surface area (Å²) in [6, 6.07) is 15.0. The standard InChI is InChI=1S/C14H13N3O2/c18-14-16-9-5-4-8-13(16)15-17(14)10-11-19-12-6-2-1-3-7-12/h1-9H,10-11H2. The Morgan fingerprint density at radius 2 is 1.84 bits per heavy atom. The summed E-state index contributed by atoms with van der Waals surface area (Å²) in [5.41, 5.74) is 0.500. The first-order chi connectivity index (χ1) is 9.34. The van der Waals surface area contributed by atoms with Gasteiger partial charge in [-0.15, -0.1) is 5.10 Å². The summed E-state index contributed by atoms with van der Waals surface area (Å²) in [6.07, 6.45) is 1.71. The van der Waals surface area contributed by atoms with Crippen molar-refractivity contribution in [3.05, 3.63) is 65.2 Å². The van der Waals surface area contributed by atoms with Crippen LogP contribution in [0, 0.1) is 0 Å². The van der Waals surface area contributed by atoms with Crippen LogP contribution in [-0.4, -0.2) is 20.8 Å². The minimum Gasteiger partial charge on any atom is -0.492 e. The molecule has 0 amide bonds. The van der Waals surface area contributed by atoms with Crippen LogP contribution in [0.1, 0.15) is 0 Å². The molecule has 0 saturated carbocycles. The summed E-state index contributed by atoms with van der Waals surface area (Å²) in [5, 5.41) is 4.23. The maximum atomic E-state index is 12.0. The van der Waals surface area contributed by atoms with Crippen LogP contribution in [0.2, 0.25) is 0 Å². The Balaban J connectivity index is 1.72. The van der Waals surface area contributed by atoms with E-state index in [4.69, 9.17) is 4.74 Å². The molecule has 0 unspecified atom stereocenters. The van der Waals surface area contributed by atoms with E-state index in [9.17, 15) is 4.79 Å². The van der Waals surface area contributed by atoms with Crippen LogP contribution < -0.4 is 10.4 Å². The zero-order valence-corrected chi connectivity index (χ0v) is 10.3. The number of para-hydroxylation sites is 1.